The van der Waals surface area contributed by atoms with E-state index in [-0.39, 0.29) is 15.4 Å². The van der Waals surface area contributed by atoms with Crippen molar-refractivity contribution in [3.8, 4) is 0 Å². The van der Waals surface area contributed by atoms with Gasteiger partial charge >= 0.3 is 6.18 Å². The molecule has 19 heavy (non-hydrogen) atoms. The quantitative estimate of drug-likeness (QED) is 0.815. The highest BCUT2D eigenvalue weighted by Gasteiger charge is 2.29. The molecular weight excluding hydrogens is 287 g/mol. The van der Waals surface area contributed by atoms with Gasteiger partial charge < -0.3 is 10.1 Å². The van der Waals surface area contributed by atoms with E-state index in [0.29, 0.717) is 19.8 Å². The van der Waals surface area contributed by atoms with E-state index in [1.165, 1.54) is 0 Å². The maximum Gasteiger partial charge on any atom is 0.408 e. The molecule has 5 nitrogen and oxygen atoms in total. The van der Waals surface area contributed by atoms with Gasteiger partial charge in [0.2, 0.25) is 0 Å². The van der Waals surface area contributed by atoms with E-state index < -0.39 is 18.3 Å². The van der Waals surface area contributed by atoms with Crippen molar-refractivity contribution in [3.05, 3.63) is 21.6 Å². The second-order valence-electron chi connectivity index (χ2n) is 3.57. The molecule has 0 aliphatic rings. The molecule has 0 bridgehead atoms. The van der Waals surface area contributed by atoms with Crippen LogP contribution in [0.15, 0.2) is 11.0 Å². The molecule has 1 heterocycles. The minimum Gasteiger partial charge on any atom is -0.380 e. The number of hydrogen-bond acceptors (Lipinski definition) is 4. The van der Waals surface area contributed by atoms with Crippen molar-refractivity contribution < 1.29 is 17.9 Å². The third-order valence-corrected chi connectivity index (χ3v) is 2.45. The van der Waals surface area contributed by atoms with Gasteiger partial charge in [-0.25, -0.2) is 4.68 Å². The van der Waals surface area contributed by atoms with Gasteiger partial charge in [-0.05, 0) is 6.92 Å². The fourth-order valence-electron chi connectivity index (χ4n) is 1.27. The van der Waals surface area contributed by atoms with E-state index in [1.54, 1.807) is 0 Å². The van der Waals surface area contributed by atoms with Gasteiger partial charge in [0.1, 0.15) is 11.6 Å². The summed E-state index contributed by atoms with van der Waals surface area (Å²) in [5, 5.41) is 5.86. The Bertz CT molecular complexity index is 476. The molecule has 9 heteroatoms. The topological polar surface area (TPSA) is 56.1 Å². The summed E-state index contributed by atoms with van der Waals surface area (Å²) in [5.41, 5.74) is -0.801. The minimum atomic E-state index is -4.52. The number of hydrogen-bond donors (Lipinski definition) is 1. The van der Waals surface area contributed by atoms with E-state index in [4.69, 9.17) is 16.3 Å². The third-order valence-electron chi connectivity index (χ3n) is 2.08. The van der Waals surface area contributed by atoms with Crippen molar-refractivity contribution >= 4 is 17.3 Å². The summed E-state index contributed by atoms with van der Waals surface area (Å²) in [7, 11) is 0. The highest BCUT2D eigenvalue weighted by molar-refractivity contribution is 6.32. The summed E-state index contributed by atoms with van der Waals surface area (Å²) < 4.78 is 41.8. The van der Waals surface area contributed by atoms with Crippen molar-refractivity contribution in [2.45, 2.75) is 19.6 Å². The van der Waals surface area contributed by atoms with E-state index in [9.17, 15) is 18.0 Å². The summed E-state index contributed by atoms with van der Waals surface area (Å²) >= 11 is 5.70. The SMILES string of the molecule is CCOCCNc1cnn(CC(F)(F)F)c(=O)c1Cl. The number of halogens is 4. The molecule has 1 N–H and O–H groups in total. The second-order valence-corrected chi connectivity index (χ2v) is 3.95. The van der Waals surface area contributed by atoms with Gasteiger partial charge in [0.05, 0.1) is 18.5 Å². The standard InChI is InChI=1S/C10H13ClF3N3O2/c1-2-19-4-3-15-7-5-16-17(6-10(12,13)14)9(18)8(7)11/h5,15H,2-4,6H2,1H3. The zero-order valence-corrected chi connectivity index (χ0v) is 10.9. The molecule has 0 aliphatic heterocycles. The first-order valence-corrected chi connectivity index (χ1v) is 5.87. The zero-order chi connectivity index (χ0) is 14.5. The first kappa shape index (κ1) is 15.8. The Morgan fingerprint density at radius 3 is 2.79 bits per heavy atom. The Hall–Kier alpha value is -1.28. The largest absolute Gasteiger partial charge is 0.408 e. The van der Waals surface area contributed by atoms with Gasteiger partial charge in [-0.1, -0.05) is 11.6 Å². The van der Waals surface area contributed by atoms with Gasteiger partial charge in [0.25, 0.3) is 5.56 Å². The van der Waals surface area contributed by atoms with Crippen LogP contribution >= 0.6 is 11.6 Å². The molecule has 1 aromatic rings. The molecule has 0 aromatic carbocycles. The van der Waals surface area contributed by atoms with Gasteiger partial charge in [0.15, 0.2) is 0 Å². The molecule has 1 aromatic heterocycles. The average molecular weight is 300 g/mol. The van der Waals surface area contributed by atoms with Crippen LogP contribution in [0.3, 0.4) is 0 Å². The molecule has 0 fully saturated rings. The highest BCUT2D eigenvalue weighted by Crippen LogP contribution is 2.18. The van der Waals surface area contributed by atoms with Crippen LogP contribution in [-0.4, -0.2) is 35.7 Å². The molecule has 1 rings (SSSR count). The van der Waals surface area contributed by atoms with Crippen LogP contribution in [0.1, 0.15) is 6.92 Å². The van der Waals surface area contributed by atoms with Crippen LogP contribution in [-0.2, 0) is 11.3 Å². The molecule has 0 radical (unpaired) electrons. The van der Waals surface area contributed by atoms with Gasteiger partial charge in [0, 0.05) is 13.2 Å². The normalized spacial score (nSPS) is 11.6. The van der Waals surface area contributed by atoms with Crippen LogP contribution < -0.4 is 10.9 Å². The van der Waals surface area contributed by atoms with Crippen molar-refractivity contribution in [2.75, 3.05) is 25.1 Å². The number of aromatic nitrogens is 2. The molecule has 0 saturated carbocycles. The van der Waals surface area contributed by atoms with Gasteiger partial charge in [-0.3, -0.25) is 4.79 Å². The molecular formula is C10H13ClF3N3O2. The lowest BCUT2D eigenvalue weighted by atomic mass is 10.4. The first-order valence-electron chi connectivity index (χ1n) is 5.49. The van der Waals surface area contributed by atoms with Crippen molar-refractivity contribution in [1.82, 2.24) is 9.78 Å². The van der Waals surface area contributed by atoms with E-state index in [0.717, 1.165) is 6.20 Å². The van der Waals surface area contributed by atoms with Crippen molar-refractivity contribution in [2.24, 2.45) is 0 Å². The molecule has 0 atom stereocenters. The Labute approximate surface area is 112 Å². The summed E-state index contributed by atoms with van der Waals surface area (Å²) in [5.74, 6) is 0. The fraction of sp³-hybridized carbons (Fsp3) is 0.600. The molecule has 0 amide bonds. The smallest absolute Gasteiger partial charge is 0.380 e. The zero-order valence-electron chi connectivity index (χ0n) is 10.1. The maximum absolute atomic E-state index is 12.2. The number of nitrogens with one attached hydrogen (secondary N) is 1. The number of alkyl halides is 3. The predicted molar refractivity (Wildman–Crippen MR) is 64.5 cm³/mol. The summed E-state index contributed by atoms with van der Waals surface area (Å²) in [6.45, 7) is 1.66. The Kier molecular flexibility index (Phi) is 5.61. The molecule has 0 spiro atoms. The van der Waals surface area contributed by atoms with Crippen LogP contribution in [0, 0.1) is 0 Å². The van der Waals surface area contributed by atoms with E-state index in [1.807, 2.05) is 6.92 Å². The number of ether oxygens (including phenoxy) is 1. The predicted octanol–water partition coefficient (Wildman–Crippen LogP) is 1.91. The first-order chi connectivity index (χ1) is 8.85. The van der Waals surface area contributed by atoms with Crippen LogP contribution in [0.2, 0.25) is 5.02 Å². The van der Waals surface area contributed by atoms with Crippen molar-refractivity contribution in [1.29, 1.82) is 0 Å². The van der Waals surface area contributed by atoms with E-state index >= 15 is 0 Å². The molecule has 0 aliphatic carbocycles. The molecule has 0 saturated heterocycles. The lowest BCUT2D eigenvalue weighted by molar-refractivity contribution is -0.143. The maximum atomic E-state index is 12.2. The van der Waals surface area contributed by atoms with Gasteiger partial charge in [-0.15, -0.1) is 0 Å². The Balaban J connectivity index is 2.77. The Morgan fingerprint density at radius 2 is 2.21 bits per heavy atom. The van der Waals surface area contributed by atoms with Crippen LogP contribution in [0.5, 0.6) is 0 Å². The second kappa shape index (κ2) is 6.76. The monoisotopic (exact) mass is 299 g/mol. The van der Waals surface area contributed by atoms with Crippen molar-refractivity contribution in [3.63, 3.8) is 0 Å². The van der Waals surface area contributed by atoms with Gasteiger partial charge in [-0.2, -0.15) is 18.3 Å². The number of nitrogens with zero attached hydrogens (tertiary/aromatic N) is 2. The lowest BCUT2D eigenvalue weighted by Crippen LogP contribution is -2.31. The van der Waals surface area contributed by atoms with Crippen LogP contribution in [0.4, 0.5) is 18.9 Å². The fourth-order valence-corrected chi connectivity index (χ4v) is 1.49. The number of anilines is 1. The average Bonchev–Trinajstić information content (AvgIpc) is 2.31. The number of rotatable bonds is 6. The summed E-state index contributed by atoms with van der Waals surface area (Å²) in [6.07, 6.45) is -3.44. The van der Waals surface area contributed by atoms with E-state index in [2.05, 4.69) is 10.4 Å². The molecule has 0 unspecified atom stereocenters. The summed E-state index contributed by atoms with van der Waals surface area (Å²) in [4.78, 5) is 11.6. The lowest BCUT2D eigenvalue weighted by Gasteiger charge is -2.11. The third kappa shape index (κ3) is 5.07. The molecule has 108 valence electrons. The van der Waals surface area contributed by atoms with Crippen LogP contribution in [0.25, 0.3) is 0 Å². The minimum absolute atomic E-state index is 0.185. The summed E-state index contributed by atoms with van der Waals surface area (Å²) in [6, 6.07) is 0. The Morgan fingerprint density at radius 1 is 1.53 bits per heavy atom. The highest BCUT2D eigenvalue weighted by atomic mass is 35.5.